The first kappa shape index (κ1) is 12.6. The number of nitrogens with one attached hydrogen (secondary N) is 1. The molecule has 0 amide bonds. The summed E-state index contributed by atoms with van der Waals surface area (Å²) < 4.78 is 2.11. The maximum Gasteiger partial charge on any atom is 0.111 e. The van der Waals surface area contributed by atoms with Crippen LogP contribution in [0.25, 0.3) is 0 Å². The van der Waals surface area contributed by atoms with Crippen molar-refractivity contribution in [2.45, 2.75) is 45.8 Å². The summed E-state index contributed by atoms with van der Waals surface area (Å²) in [7, 11) is 0. The Morgan fingerprint density at radius 1 is 1.53 bits per heavy atom. The van der Waals surface area contributed by atoms with Crippen LogP contribution in [0.15, 0.2) is 12.4 Å². The summed E-state index contributed by atoms with van der Waals surface area (Å²) in [6, 6.07) is 0. The molecule has 0 aromatic carbocycles. The maximum atomic E-state index is 10.9. The van der Waals surface area contributed by atoms with Gasteiger partial charge in [0.1, 0.15) is 5.82 Å². The molecule has 17 heavy (non-hydrogen) atoms. The van der Waals surface area contributed by atoms with Gasteiger partial charge in [0.2, 0.25) is 0 Å². The van der Waals surface area contributed by atoms with Crippen LogP contribution in [-0.4, -0.2) is 33.3 Å². The summed E-state index contributed by atoms with van der Waals surface area (Å²) in [5.74, 6) is 0.991. The van der Waals surface area contributed by atoms with Crippen LogP contribution < -0.4 is 5.32 Å². The summed E-state index contributed by atoms with van der Waals surface area (Å²) in [6.45, 7) is 8.99. The fourth-order valence-electron chi connectivity index (χ4n) is 2.58. The van der Waals surface area contributed by atoms with E-state index in [9.17, 15) is 5.11 Å². The number of aromatic nitrogens is 2. The molecule has 1 aliphatic rings. The van der Waals surface area contributed by atoms with Crippen molar-refractivity contribution in [2.75, 3.05) is 13.1 Å². The van der Waals surface area contributed by atoms with Crippen LogP contribution in [0, 0.1) is 5.41 Å². The molecule has 1 aromatic rings. The molecule has 0 aliphatic carbocycles. The van der Waals surface area contributed by atoms with Gasteiger partial charge >= 0.3 is 0 Å². The molecule has 2 rings (SSSR count). The summed E-state index contributed by atoms with van der Waals surface area (Å²) in [6.07, 6.45) is 5.22. The van der Waals surface area contributed by atoms with Crippen LogP contribution in [0.1, 0.15) is 33.0 Å². The Kier molecular flexibility index (Phi) is 3.27. The number of imidazole rings is 1. The Labute approximate surface area is 103 Å². The zero-order chi connectivity index (χ0) is 12.5. The lowest BCUT2D eigenvalue weighted by molar-refractivity contribution is -0.0886. The Hall–Kier alpha value is -0.870. The Balaban J connectivity index is 2.21. The number of hydrogen-bond donors (Lipinski definition) is 2. The molecule has 2 heterocycles. The van der Waals surface area contributed by atoms with E-state index in [1.165, 1.54) is 0 Å². The number of aryl methyl sites for hydroxylation is 1. The van der Waals surface area contributed by atoms with Crippen LogP contribution in [0.2, 0.25) is 0 Å². The quantitative estimate of drug-likeness (QED) is 0.830. The van der Waals surface area contributed by atoms with Crippen molar-refractivity contribution in [3.63, 3.8) is 0 Å². The smallest absolute Gasteiger partial charge is 0.111 e. The summed E-state index contributed by atoms with van der Waals surface area (Å²) in [4.78, 5) is 4.37. The first-order valence-corrected chi connectivity index (χ1v) is 6.42. The third-order valence-electron chi connectivity index (χ3n) is 4.14. The van der Waals surface area contributed by atoms with Gasteiger partial charge in [-0.15, -0.1) is 0 Å². The molecule has 1 unspecified atom stereocenters. The van der Waals surface area contributed by atoms with E-state index in [1.54, 1.807) is 0 Å². The molecule has 0 radical (unpaired) electrons. The highest BCUT2D eigenvalue weighted by Crippen LogP contribution is 2.37. The predicted molar refractivity (Wildman–Crippen MR) is 67.8 cm³/mol. The second-order valence-corrected chi connectivity index (χ2v) is 5.65. The lowest BCUT2D eigenvalue weighted by atomic mass is 9.69. The molecule has 1 saturated heterocycles. The van der Waals surface area contributed by atoms with E-state index < -0.39 is 5.60 Å². The van der Waals surface area contributed by atoms with E-state index in [0.29, 0.717) is 6.42 Å². The minimum absolute atomic E-state index is 0.115. The van der Waals surface area contributed by atoms with Crippen molar-refractivity contribution in [2.24, 2.45) is 5.41 Å². The number of nitrogens with zero attached hydrogens (tertiary/aromatic N) is 2. The Morgan fingerprint density at radius 2 is 2.29 bits per heavy atom. The number of hydrogen-bond acceptors (Lipinski definition) is 3. The van der Waals surface area contributed by atoms with Crippen molar-refractivity contribution in [1.82, 2.24) is 14.9 Å². The Morgan fingerprint density at radius 3 is 2.94 bits per heavy atom. The van der Waals surface area contributed by atoms with Crippen LogP contribution >= 0.6 is 0 Å². The van der Waals surface area contributed by atoms with Gasteiger partial charge in [-0.3, -0.25) is 0 Å². The summed E-state index contributed by atoms with van der Waals surface area (Å²) in [5.41, 5.74) is -0.772. The Bertz CT molecular complexity index is 386. The third-order valence-corrected chi connectivity index (χ3v) is 4.14. The molecule has 0 bridgehead atoms. The van der Waals surface area contributed by atoms with Crippen molar-refractivity contribution in [3.05, 3.63) is 18.2 Å². The fourth-order valence-corrected chi connectivity index (χ4v) is 2.58. The zero-order valence-corrected chi connectivity index (χ0v) is 11.0. The van der Waals surface area contributed by atoms with Gasteiger partial charge in [-0.2, -0.15) is 0 Å². The lowest BCUT2D eigenvalue weighted by Crippen LogP contribution is -2.57. The third kappa shape index (κ3) is 2.24. The molecule has 1 aromatic heterocycles. The van der Waals surface area contributed by atoms with E-state index in [1.807, 2.05) is 12.4 Å². The molecular weight excluding hydrogens is 214 g/mol. The SMILES string of the molecule is CCn1ccnc1CC1(O)CCNCC1(C)C. The zero-order valence-electron chi connectivity index (χ0n) is 11.0. The van der Waals surface area contributed by atoms with Crippen molar-refractivity contribution in [3.8, 4) is 0 Å². The number of piperidine rings is 1. The van der Waals surface area contributed by atoms with Crippen LogP contribution in [0.4, 0.5) is 0 Å². The van der Waals surface area contributed by atoms with E-state index in [0.717, 1.165) is 31.9 Å². The molecular formula is C13H23N3O. The highest BCUT2D eigenvalue weighted by molar-refractivity contribution is 5.06. The average Bonchev–Trinajstić information content (AvgIpc) is 2.70. The van der Waals surface area contributed by atoms with E-state index in [-0.39, 0.29) is 5.41 Å². The van der Waals surface area contributed by atoms with Gasteiger partial charge < -0.3 is 15.0 Å². The summed E-state index contributed by atoms with van der Waals surface area (Å²) >= 11 is 0. The first-order valence-electron chi connectivity index (χ1n) is 6.42. The van der Waals surface area contributed by atoms with E-state index in [4.69, 9.17) is 0 Å². The van der Waals surface area contributed by atoms with Crippen molar-refractivity contribution >= 4 is 0 Å². The molecule has 0 spiro atoms. The lowest BCUT2D eigenvalue weighted by Gasteiger charge is -2.46. The first-order chi connectivity index (χ1) is 7.98. The van der Waals surface area contributed by atoms with E-state index >= 15 is 0 Å². The standard InChI is InChI=1S/C13H23N3O/c1-4-16-8-7-15-11(16)9-13(17)5-6-14-10-12(13,2)3/h7-8,14,17H,4-6,9-10H2,1-3H3. The van der Waals surface area contributed by atoms with Gasteiger partial charge in [0.25, 0.3) is 0 Å². The average molecular weight is 237 g/mol. The monoisotopic (exact) mass is 237 g/mol. The number of aliphatic hydroxyl groups is 1. The second-order valence-electron chi connectivity index (χ2n) is 5.65. The van der Waals surface area contributed by atoms with Gasteiger partial charge in [-0.05, 0) is 19.9 Å². The fraction of sp³-hybridized carbons (Fsp3) is 0.769. The summed E-state index contributed by atoms with van der Waals surface area (Å²) in [5, 5.41) is 14.2. The normalized spacial score (nSPS) is 28.2. The van der Waals surface area contributed by atoms with Crippen LogP contribution in [0.5, 0.6) is 0 Å². The van der Waals surface area contributed by atoms with Gasteiger partial charge in [-0.25, -0.2) is 4.98 Å². The van der Waals surface area contributed by atoms with Crippen molar-refractivity contribution < 1.29 is 5.11 Å². The highest BCUT2D eigenvalue weighted by Gasteiger charge is 2.45. The van der Waals surface area contributed by atoms with Crippen molar-refractivity contribution in [1.29, 1.82) is 0 Å². The maximum absolute atomic E-state index is 10.9. The molecule has 96 valence electrons. The van der Waals surface area contributed by atoms with Gasteiger partial charge in [0.15, 0.2) is 0 Å². The van der Waals surface area contributed by atoms with Crippen LogP contribution in [-0.2, 0) is 13.0 Å². The number of rotatable bonds is 3. The van der Waals surface area contributed by atoms with Gasteiger partial charge in [0.05, 0.1) is 5.60 Å². The molecule has 1 fully saturated rings. The molecule has 1 atom stereocenters. The largest absolute Gasteiger partial charge is 0.389 e. The molecule has 0 saturated carbocycles. The minimum atomic E-state index is -0.656. The van der Waals surface area contributed by atoms with Crippen LogP contribution in [0.3, 0.4) is 0 Å². The van der Waals surface area contributed by atoms with Gasteiger partial charge in [-0.1, -0.05) is 13.8 Å². The molecule has 4 heteroatoms. The minimum Gasteiger partial charge on any atom is -0.389 e. The topological polar surface area (TPSA) is 50.1 Å². The molecule has 1 aliphatic heterocycles. The second kappa shape index (κ2) is 4.42. The van der Waals surface area contributed by atoms with Gasteiger partial charge in [0, 0.05) is 37.3 Å². The van der Waals surface area contributed by atoms with E-state index in [2.05, 4.69) is 35.6 Å². The molecule has 4 nitrogen and oxygen atoms in total. The predicted octanol–water partition coefficient (Wildman–Crippen LogP) is 1.20. The highest BCUT2D eigenvalue weighted by atomic mass is 16.3. The molecule has 2 N–H and O–H groups in total.